The van der Waals surface area contributed by atoms with Gasteiger partial charge < -0.3 is 10.1 Å². The van der Waals surface area contributed by atoms with Crippen LogP contribution in [0.15, 0.2) is 65.8 Å². The second kappa shape index (κ2) is 8.40. The van der Waals surface area contributed by atoms with Crippen molar-refractivity contribution in [3.05, 3.63) is 65.6 Å². The number of hydrogen-bond donors (Lipinski definition) is 3. The average molecular weight is 460 g/mol. The maximum atomic E-state index is 12.3. The molecule has 0 saturated heterocycles. The summed E-state index contributed by atoms with van der Waals surface area (Å²) in [5.74, 6) is -0.683. The zero-order chi connectivity index (χ0) is 22.9. The third kappa shape index (κ3) is 4.03. The van der Waals surface area contributed by atoms with E-state index in [9.17, 15) is 9.70 Å². The Morgan fingerprint density at radius 2 is 1.82 bits per heavy atom. The molecule has 0 aliphatic rings. The standard InChI is InChI=1S/C23H17N5O4S/c1-32-28(31)16-9-14(8-15(10-16)22-25-23(27-26-22)33-12-21(29)30)13-6-7-18-17-4-2-3-5-19(17)24-20(18)11-13/h2-11,24H,12H2,1H3,(H-,25,26,27,29,30)/p+1. The van der Waals surface area contributed by atoms with Crippen LogP contribution in [-0.2, 0) is 9.63 Å². The summed E-state index contributed by atoms with van der Waals surface area (Å²) in [6, 6.07) is 19.5. The first-order valence-electron chi connectivity index (χ1n) is 9.96. The SMILES string of the molecule is CO[N+](=O)c1cc(-c2ccc3c(c2)[nH]c2ccccc23)cc(-c2nc(SCC(=O)O)n[nH]2)c1. The number of rotatable bonds is 7. The van der Waals surface area contributed by atoms with Crippen LogP contribution in [-0.4, -0.2) is 49.0 Å². The first-order chi connectivity index (χ1) is 16.0. The molecule has 164 valence electrons. The Morgan fingerprint density at radius 3 is 2.64 bits per heavy atom. The number of nitrogens with zero attached hydrogens (tertiary/aromatic N) is 3. The number of aliphatic carboxylic acids is 1. The molecule has 9 nitrogen and oxygen atoms in total. The fourth-order valence-corrected chi connectivity index (χ4v) is 4.24. The van der Waals surface area contributed by atoms with Crippen molar-refractivity contribution in [3.8, 4) is 22.5 Å². The van der Waals surface area contributed by atoms with Crippen LogP contribution in [0.25, 0.3) is 44.3 Å². The minimum Gasteiger partial charge on any atom is -0.481 e. The van der Waals surface area contributed by atoms with Crippen LogP contribution in [0.5, 0.6) is 0 Å². The first-order valence-corrected chi connectivity index (χ1v) is 10.9. The normalized spacial score (nSPS) is 11.2. The molecular formula is C23H18N5O4S+. The van der Waals surface area contributed by atoms with Gasteiger partial charge in [0.25, 0.3) is 4.92 Å². The van der Waals surface area contributed by atoms with Crippen molar-refractivity contribution in [2.45, 2.75) is 5.16 Å². The zero-order valence-corrected chi connectivity index (χ0v) is 18.2. The van der Waals surface area contributed by atoms with Crippen LogP contribution >= 0.6 is 11.8 Å². The number of aromatic amines is 2. The predicted molar refractivity (Wildman–Crippen MR) is 125 cm³/mol. The van der Waals surface area contributed by atoms with Gasteiger partial charge in [0.1, 0.15) is 0 Å². The smallest absolute Gasteiger partial charge is 0.318 e. The summed E-state index contributed by atoms with van der Waals surface area (Å²) in [6.45, 7) is 0. The summed E-state index contributed by atoms with van der Waals surface area (Å²) < 4.78 is 0. The number of benzene rings is 3. The molecule has 0 aliphatic heterocycles. The number of fused-ring (bicyclic) bond motifs is 3. The zero-order valence-electron chi connectivity index (χ0n) is 17.4. The fraction of sp³-hybridized carbons (Fsp3) is 0.0870. The molecular weight excluding hydrogens is 442 g/mol. The van der Waals surface area contributed by atoms with Crippen LogP contribution < -0.4 is 0 Å². The summed E-state index contributed by atoms with van der Waals surface area (Å²) in [4.78, 5) is 36.1. The summed E-state index contributed by atoms with van der Waals surface area (Å²) in [7, 11) is 1.30. The van der Waals surface area contributed by atoms with E-state index in [0.29, 0.717) is 21.5 Å². The quantitative estimate of drug-likeness (QED) is 0.233. The molecule has 2 heterocycles. The Labute approximate surface area is 191 Å². The highest BCUT2D eigenvalue weighted by molar-refractivity contribution is 7.99. The van der Waals surface area contributed by atoms with E-state index in [-0.39, 0.29) is 11.4 Å². The third-order valence-electron chi connectivity index (χ3n) is 5.20. The molecule has 0 saturated carbocycles. The van der Waals surface area contributed by atoms with Crippen LogP contribution in [0.4, 0.5) is 5.69 Å². The molecule has 0 spiro atoms. The van der Waals surface area contributed by atoms with Crippen molar-refractivity contribution < 1.29 is 19.7 Å². The number of hydrogen-bond acceptors (Lipinski definition) is 6. The van der Waals surface area contributed by atoms with E-state index >= 15 is 0 Å². The molecule has 5 aromatic rings. The molecule has 0 aliphatic carbocycles. The van der Waals surface area contributed by atoms with Crippen LogP contribution in [0, 0.1) is 4.91 Å². The van der Waals surface area contributed by atoms with Gasteiger partial charge in [-0.05, 0) is 29.3 Å². The van der Waals surface area contributed by atoms with Crippen molar-refractivity contribution in [3.63, 3.8) is 0 Å². The van der Waals surface area contributed by atoms with Crippen molar-refractivity contribution in [2.75, 3.05) is 12.9 Å². The molecule has 0 atom stereocenters. The Kier molecular flexibility index (Phi) is 5.27. The van der Waals surface area contributed by atoms with E-state index in [1.54, 1.807) is 12.1 Å². The van der Waals surface area contributed by atoms with Crippen LogP contribution in [0.2, 0.25) is 0 Å². The molecule has 0 bridgehead atoms. The van der Waals surface area contributed by atoms with E-state index in [1.807, 2.05) is 36.4 Å². The fourth-order valence-electron chi connectivity index (χ4n) is 3.73. The highest BCUT2D eigenvalue weighted by atomic mass is 32.2. The molecule has 0 radical (unpaired) electrons. The lowest BCUT2D eigenvalue weighted by Crippen LogP contribution is -1.99. The minimum atomic E-state index is -0.954. The molecule has 3 N–H and O–H groups in total. The van der Waals surface area contributed by atoms with Gasteiger partial charge in [0.2, 0.25) is 5.16 Å². The van der Waals surface area contributed by atoms with Gasteiger partial charge >= 0.3 is 11.7 Å². The Hall–Kier alpha value is -4.18. The lowest BCUT2D eigenvalue weighted by atomic mass is 10.00. The summed E-state index contributed by atoms with van der Waals surface area (Å²) in [6.07, 6.45) is 0. The summed E-state index contributed by atoms with van der Waals surface area (Å²) >= 11 is 1.01. The van der Waals surface area contributed by atoms with Gasteiger partial charge in [0, 0.05) is 39.5 Å². The van der Waals surface area contributed by atoms with Crippen LogP contribution in [0.1, 0.15) is 0 Å². The number of para-hydroxylation sites is 1. The van der Waals surface area contributed by atoms with Gasteiger partial charge in [-0.3, -0.25) is 9.89 Å². The largest absolute Gasteiger partial charge is 0.481 e. The number of carboxylic acid groups (broad SMARTS) is 1. The molecule has 10 heteroatoms. The van der Waals surface area contributed by atoms with Crippen molar-refractivity contribution in [1.82, 2.24) is 20.2 Å². The number of H-pyrrole nitrogens is 2. The molecule has 0 unspecified atom stereocenters. The van der Waals surface area contributed by atoms with E-state index in [4.69, 9.17) is 9.94 Å². The average Bonchev–Trinajstić information content (AvgIpc) is 3.46. The number of nitrogens with one attached hydrogen (secondary N) is 2. The van der Waals surface area contributed by atoms with E-state index < -0.39 is 5.97 Å². The van der Waals surface area contributed by atoms with Gasteiger partial charge in [-0.1, -0.05) is 42.1 Å². The highest BCUT2D eigenvalue weighted by Crippen LogP contribution is 2.34. The lowest BCUT2D eigenvalue weighted by molar-refractivity contribution is -0.736. The summed E-state index contributed by atoms with van der Waals surface area (Å²) in [5, 5.41) is 18.3. The van der Waals surface area contributed by atoms with E-state index in [2.05, 4.69) is 32.3 Å². The summed E-state index contributed by atoms with van der Waals surface area (Å²) in [5.41, 5.74) is 4.64. The molecule has 0 fully saturated rings. The van der Waals surface area contributed by atoms with Gasteiger partial charge in [-0.25, -0.2) is 9.82 Å². The molecule has 0 amide bonds. The van der Waals surface area contributed by atoms with Crippen molar-refractivity contribution in [2.24, 2.45) is 0 Å². The van der Waals surface area contributed by atoms with Gasteiger partial charge in [0.05, 0.1) is 10.7 Å². The number of carboxylic acids is 1. The minimum absolute atomic E-state index is 0.148. The maximum Gasteiger partial charge on any atom is 0.318 e. The lowest BCUT2D eigenvalue weighted by Gasteiger charge is -2.05. The van der Waals surface area contributed by atoms with E-state index in [0.717, 1.165) is 44.7 Å². The monoisotopic (exact) mass is 460 g/mol. The van der Waals surface area contributed by atoms with Gasteiger partial charge in [-0.15, -0.1) is 5.10 Å². The third-order valence-corrected chi connectivity index (χ3v) is 6.03. The number of carbonyl (C=O) groups is 1. The molecule has 5 rings (SSSR count). The van der Waals surface area contributed by atoms with E-state index in [1.165, 1.54) is 7.11 Å². The predicted octanol–water partition coefficient (Wildman–Crippen LogP) is 4.92. The van der Waals surface area contributed by atoms with Gasteiger partial charge in [0.15, 0.2) is 12.9 Å². The van der Waals surface area contributed by atoms with Crippen molar-refractivity contribution in [1.29, 1.82) is 0 Å². The highest BCUT2D eigenvalue weighted by Gasteiger charge is 2.20. The maximum absolute atomic E-state index is 12.3. The molecule has 33 heavy (non-hydrogen) atoms. The Balaban J connectivity index is 1.59. The number of thioether (sulfide) groups is 1. The van der Waals surface area contributed by atoms with Crippen molar-refractivity contribution >= 4 is 45.2 Å². The Bertz CT molecular complexity index is 1520. The number of aromatic nitrogens is 4. The molecule has 2 aromatic heterocycles. The van der Waals surface area contributed by atoms with Gasteiger partial charge in [-0.2, -0.15) is 0 Å². The van der Waals surface area contributed by atoms with Crippen LogP contribution in [0.3, 0.4) is 0 Å². The Morgan fingerprint density at radius 1 is 1.03 bits per heavy atom. The molecule has 3 aromatic carbocycles. The first kappa shape index (κ1) is 20.7. The second-order valence-electron chi connectivity index (χ2n) is 7.29. The second-order valence-corrected chi connectivity index (χ2v) is 8.23. The topological polar surface area (TPSA) is 124 Å².